The summed E-state index contributed by atoms with van der Waals surface area (Å²) in [4.78, 5) is 3.98. The van der Waals surface area contributed by atoms with Crippen molar-refractivity contribution in [2.45, 2.75) is 6.29 Å². The summed E-state index contributed by atoms with van der Waals surface area (Å²) in [5.74, 6) is 0. The maximum Gasteiger partial charge on any atom is 0.171 e. The standard InChI is InChI=1S/C6H9N3O/c7-6-8-1-4-2-10-3-5(4)9-6/h1,6,9H,2-3,7H2. The molecule has 0 spiro atoms. The molecule has 0 amide bonds. The van der Waals surface area contributed by atoms with Crippen LogP contribution in [0.5, 0.6) is 0 Å². The van der Waals surface area contributed by atoms with Crippen LogP contribution in [-0.2, 0) is 4.74 Å². The van der Waals surface area contributed by atoms with Gasteiger partial charge in [0, 0.05) is 17.5 Å². The highest BCUT2D eigenvalue weighted by Crippen LogP contribution is 2.12. The van der Waals surface area contributed by atoms with E-state index in [1.54, 1.807) is 6.21 Å². The van der Waals surface area contributed by atoms with Gasteiger partial charge in [-0.05, 0) is 0 Å². The van der Waals surface area contributed by atoms with E-state index in [-0.39, 0.29) is 6.29 Å². The Labute approximate surface area is 58.8 Å². The van der Waals surface area contributed by atoms with Gasteiger partial charge in [-0.1, -0.05) is 0 Å². The second-order valence-electron chi connectivity index (χ2n) is 2.36. The lowest BCUT2D eigenvalue weighted by Crippen LogP contribution is -2.38. The summed E-state index contributed by atoms with van der Waals surface area (Å²) in [7, 11) is 0. The average Bonchev–Trinajstić information content (AvgIpc) is 2.33. The Balaban J connectivity index is 2.22. The summed E-state index contributed by atoms with van der Waals surface area (Å²) in [6, 6.07) is 0. The van der Waals surface area contributed by atoms with Crippen molar-refractivity contribution in [2.24, 2.45) is 10.7 Å². The molecule has 3 N–H and O–H groups in total. The first-order valence-corrected chi connectivity index (χ1v) is 3.21. The van der Waals surface area contributed by atoms with Gasteiger partial charge in [-0.3, -0.25) is 10.7 Å². The van der Waals surface area contributed by atoms with Gasteiger partial charge in [0.1, 0.15) is 0 Å². The fraction of sp³-hybridized carbons (Fsp3) is 0.500. The number of nitrogens with one attached hydrogen (secondary N) is 1. The van der Waals surface area contributed by atoms with Gasteiger partial charge in [-0.15, -0.1) is 0 Å². The van der Waals surface area contributed by atoms with Gasteiger partial charge in [0.05, 0.1) is 13.2 Å². The molecule has 0 aromatic heterocycles. The minimum atomic E-state index is -0.277. The number of rotatable bonds is 0. The maximum atomic E-state index is 5.49. The number of ether oxygens (including phenoxy) is 1. The van der Waals surface area contributed by atoms with E-state index in [0.717, 1.165) is 11.3 Å². The van der Waals surface area contributed by atoms with Crippen LogP contribution in [0.4, 0.5) is 0 Å². The first-order chi connectivity index (χ1) is 4.86. The Kier molecular flexibility index (Phi) is 1.22. The molecule has 54 valence electrons. The Morgan fingerprint density at radius 2 is 2.60 bits per heavy atom. The van der Waals surface area contributed by atoms with Crippen LogP contribution in [0.1, 0.15) is 0 Å². The van der Waals surface area contributed by atoms with Crippen molar-refractivity contribution >= 4 is 6.21 Å². The fourth-order valence-electron chi connectivity index (χ4n) is 1.08. The van der Waals surface area contributed by atoms with Crippen LogP contribution < -0.4 is 11.1 Å². The second-order valence-corrected chi connectivity index (χ2v) is 2.36. The number of hydrogen-bond donors (Lipinski definition) is 2. The summed E-state index contributed by atoms with van der Waals surface area (Å²) >= 11 is 0. The SMILES string of the molecule is NC1N=CC2=C(COC2)N1. The van der Waals surface area contributed by atoms with Crippen molar-refractivity contribution in [1.82, 2.24) is 5.32 Å². The number of hydrogen-bond acceptors (Lipinski definition) is 4. The van der Waals surface area contributed by atoms with Crippen molar-refractivity contribution in [1.29, 1.82) is 0 Å². The van der Waals surface area contributed by atoms with Crippen LogP contribution in [0, 0.1) is 0 Å². The van der Waals surface area contributed by atoms with Gasteiger partial charge in [0.15, 0.2) is 6.29 Å². The molecule has 1 atom stereocenters. The van der Waals surface area contributed by atoms with Crippen LogP contribution >= 0.6 is 0 Å². The van der Waals surface area contributed by atoms with Crippen LogP contribution in [0.15, 0.2) is 16.3 Å². The third kappa shape index (κ3) is 0.815. The molecule has 2 aliphatic rings. The van der Waals surface area contributed by atoms with E-state index in [1.165, 1.54) is 0 Å². The zero-order chi connectivity index (χ0) is 6.97. The summed E-state index contributed by atoms with van der Waals surface area (Å²) < 4.78 is 5.16. The van der Waals surface area contributed by atoms with E-state index in [2.05, 4.69) is 10.3 Å². The fourth-order valence-corrected chi connectivity index (χ4v) is 1.08. The average molecular weight is 139 g/mol. The summed E-state index contributed by atoms with van der Waals surface area (Å²) in [5.41, 5.74) is 7.70. The third-order valence-electron chi connectivity index (χ3n) is 1.60. The molecule has 4 nitrogen and oxygen atoms in total. The summed E-state index contributed by atoms with van der Waals surface area (Å²) in [6.45, 7) is 1.31. The lowest BCUT2D eigenvalue weighted by molar-refractivity contribution is 0.203. The zero-order valence-corrected chi connectivity index (χ0v) is 5.50. The molecule has 0 fully saturated rings. The van der Waals surface area contributed by atoms with Gasteiger partial charge in [0.2, 0.25) is 0 Å². The van der Waals surface area contributed by atoms with Gasteiger partial charge in [-0.2, -0.15) is 0 Å². The van der Waals surface area contributed by atoms with Crippen molar-refractivity contribution in [3.63, 3.8) is 0 Å². The Hall–Kier alpha value is -0.870. The quantitative estimate of drug-likeness (QED) is 0.461. The number of nitrogens with two attached hydrogens (primary N) is 1. The molecule has 1 unspecified atom stereocenters. The predicted molar refractivity (Wildman–Crippen MR) is 37.4 cm³/mol. The summed E-state index contributed by atoms with van der Waals surface area (Å²) in [5, 5.41) is 3.01. The molecule has 2 aliphatic heterocycles. The minimum absolute atomic E-state index is 0.277. The molecule has 0 radical (unpaired) electrons. The molecule has 0 saturated carbocycles. The van der Waals surface area contributed by atoms with Crippen LogP contribution in [-0.4, -0.2) is 25.7 Å². The first kappa shape index (κ1) is 5.88. The van der Waals surface area contributed by atoms with Gasteiger partial charge in [0.25, 0.3) is 0 Å². The third-order valence-corrected chi connectivity index (χ3v) is 1.60. The minimum Gasteiger partial charge on any atom is -0.370 e. The maximum absolute atomic E-state index is 5.49. The van der Waals surface area contributed by atoms with Crippen molar-refractivity contribution in [2.75, 3.05) is 13.2 Å². The molecule has 4 heteroatoms. The molecular weight excluding hydrogens is 130 g/mol. The molecule has 0 saturated heterocycles. The topological polar surface area (TPSA) is 59.6 Å². The Morgan fingerprint density at radius 3 is 3.50 bits per heavy atom. The normalized spacial score (nSPS) is 30.3. The molecular formula is C6H9N3O. The number of aliphatic imine (C=N–C) groups is 1. The zero-order valence-electron chi connectivity index (χ0n) is 5.50. The van der Waals surface area contributed by atoms with Crippen molar-refractivity contribution in [3.8, 4) is 0 Å². The van der Waals surface area contributed by atoms with E-state index in [4.69, 9.17) is 10.5 Å². The molecule has 0 aliphatic carbocycles. The molecule has 0 bridgehead atoms. The molecule has 10 heavy (non-hydrogen) atoms. The smallest absolute Gasteiger partial charge is 0.171 e. The van der Waals surface area contributed by atoms with Crippen LogP contribution in [0.3, 0.4) is 0 Å². The predicted octanol–water partition coefficient (Wildman–Crippen LogP) is -0.813. The molecule has 0 aromatic carbocycles. The van der Waals surface area contributed by atoms with Crippen LogP contribution in [0.25, 0.3) is 0 Å². The largest absolute Gasteiger partial charge is 0.370 e. The lowest BCUT2D eigenvalue weighted by Gasteiger charge is -2.15. The Morgan fingerprint density at radius 1 is 1.70 bits per heavy atom. The highest BCUT2D eigenvalue weighted by Gasteiger charge is 2.18. The second kappa shape index (κ2) is 2.07. The van der Waals surface area contributed by atoms with E-state index < -0.39 is 0 Å². The molecule has 2 heterocycles. The monoisotopic (exact) mass is 139 g/mol. The highest BCUT2D eigenvalue weighted by molar-refractivity contribution is 5.81. The van der Waals surface area contributed by atoms with Gasteiger partial charge in [-0.25, -0.2) is 0 Å². The van der Waals surface area contributed by atoms with Crippen LogP contribution in [0.2, 0.25) is 0 Å². The van der Waals surface area contributed by atoms with E-state index in [0.29, 0.717) is 13.2 Å². The van der Waals surface area contributed by atoms with E-state index >= 15 is 0 Å². The summed E-state index contributed by atoms with van der Waals surface area (Å²) in [6.07, 6.45) is 1.50. The van der Waals surface area contributed by atoms with E-state index in [9.17, 15) is 0 Å². The molecule has 0 aromatic rings. The number of nitrogens with zero attached hydrogens (tertiary/aromatic N) is 1. The highest BCUT2D eigenvalue weighted by atomic mass is 16.5. The Bertz CT molecular complexity index is 209. The van der Waals surface area contributed by atoms with Crippen molar-refractivity contribution in [3.05, 3.63) is 11.3 Å². The molecule has 2 rings (SSSR count). The van der Waals surface area contributed by atoms with Gasteiger partial charge >= 0.3 is 0 Å². The van der Waals surface area contributed by atoms with Crippen molar-refractivity contribution < 1.29 is 4.74 Å². The van der Waals surface area contributed by atoms with Gasteiger partial charge < -0.3 is 10.1 Å². The first-order valence-electron chi connectivity index (χ1n) is 3.21. The van der Waals surface area contributed by atoms with E-state index in [1.807, 2.05) is 0 Å². The lowest BCUT2D eigenvalue weighted by atomic mass is 10.2.